The summed E-state index contributed by atoms with van der Waals surface area (Å²) in [5.74, 6) is -0.406. The van der Waals surface area contributed by atoms with Gasteiger partial charge in [-0.3, -0.25) is 20.2 Å². The van der Waals surface area contributed by atoms with Crippen molar-refractivity contribution in [2.45, 2.75) is 0 Å². The zero-order valence-corrected chi connectivity index (χ0v) is 8.69. The number of nitro groups is 2. The first kappa shape index (κ1) is 12.4. The predicted molar refractivity (Wildman–Crippen MR) is 57.3 cm³/mol. The highest BCUT2D eigenvalue weighted by Crippen LogP contribution is 2.34. The Morgan fingerprint density at radius 3 is 2.47 bits per heavy atom. The lowest BCUT2D eigenvalue weighted by Gasteiger charge is -2.04. The third kappa shape index (κ3) is 2.91. The van der Waals surface area contributed by atoms with Crippen molar-refractivity contribution in [2.24, 2.45) is 0 Å². The van der Waals surface area contributed by atoms with Gasteiger partial charge in [0.15, 0.2) is 11.5 Å². The van der Waals surface area contributed by atoms with Crippen LogP contribution >= 0.6 is 0 Å². The predicted octanol–water partition coefficient (Wildman–Crippen LogP) is 1.56. The number of nitrogens with zero attached hydrogens (tertiary/aromatic N) is 2. The molecular weight excluding hydrogens is 232 g/mol. The Morgan fingerprint density at radius 2 is 2.00 bits per heavy atom. The number of phenols is 1. The molecule has 0 heterocycles. The Bertz CT molecular complexity index is 497. The quantitative estimate of drug-likeness (QED) is 0.630. The Kier molecular flexibility index (Phi) is 3.60. The lowest BCUT2D eigenvalue weighted by Crippen LogP contribution is -1.94. The van der Waals surface area contributed by atoms with Gasteiger partial charge in [-0.15, -0.1) is 0 Å². The molecule has 1 aromatic carbocycles. The van der Waals surface area contributed by atoms with Crippen LogP contribution in [-0.4, -0.2) is 22.1 Å². The molecule has 0 spiro atoms. The van der Waals surface area contributed by atoms with Crippen LogP contribution in [0.1, 0.15) is 5.56 Å². The fourth-order valence-electron chi connectivity index (χ4n) is 1.17. The van der Waals surface area contributed by atoms with E-state index >= 15 is 0 Å². The Hall–Kier alpha value is -2.64. The molecule has 0 amide bonds. The number of phenolic OH excluding ortho intramolecular Hbond substituents is 1. The number of methoxy groups -OCH3 is 1. The van der Waals surface area contributed by atoms with Gasteiger partial charge in [-0.25, -0.2) is 0 Å². The van der Waals surface area contributed by atoms with Gasteiger partial charge in [-0.05, 0) is 6.07 Å². The van der Waals surface area contributed by atoms with E-state index in [1.165, 1.54) is 7.11 Å². The lowest BCUT2D eigenvalue weighted by atomic mass is 10.1. The van der Waals surface area contributed by atoms with Crippen molar-refractivity contribution in [3.05, 3.63) is 44.1 Å². The Balaban J connectivity index is 3.33. The SMILES string of the molecule is COc1cc(/C=C/[N+](=O)[O-])c([N+](=O)[O-])cc1O. The van der Waals surface area contributed by atoms with E-state index < -0.39 is 21.3 Å². The molecule has 0 atom stereocenters. The molecule has 1 N–H and O–H groups in total. The minimum atomic E-state index is -0.751. The first-order chi connectivity index (χ1) is 7.95. The lowest BCUT2D eigenvalue weighted by molar-refractivity contribution is -0.401. The first-order valence-corrected chi connectivity index (χ1v) is 4.32. The molecule has 0 fully saturated rings. The van der Waals surface area contributed by atoms with Crippen LogP contribution in [-0.2, 0) is 0 Å². The fourth-order valence-corrected chi connectivity index (χ4v) is 1.17. The number of benzene rings is 1. The zero-order chi connectivity index (χ0) is 13.0. The standard InChI is InChI=1S/C9H8N2O6/c1-17-9-4-6(2-3-10(13)14)7(11(15)16)5-8(9)12/h2-5,12H,1H3/b3-2+. The maximum atomic E-state index is 10.7. The molecule has 17 heavy (non-hydrogen) atoms. The molecule has 8 heteroatoms. The van der Waals surface area contributed by atoms with Crippen LogP contribution in [0.3, 0.4) is 0 Å². The largest absolute Gasteiger partial charge is 0.504 e. The van der Waals surface area contributed by atoms with Gasteiger partial charge in [0.05, 0.1) is 28.6 Å². The van der Waals surface area contributed by atoms with Crippen molar-refractivity contribution < 1.29 is 19.7 Å². The summed E-state index contributed by atoms with van der Waals surface area (Å²) < 4.78 is 4.75. The molecule has 90 valence electrons. The average Bonchev–Trinajstić information content (AvgIpc) is 2.26. The summed E-state index contributed by atoms with van der Waals surface area (Å²) in [6.07, 6.45) is 1.53. The number of ether oxygens (including phenoxy) is 1. The molecule has 0 aliphatic carbocycles. The fraction of sp³-hybridized carbons (Fsp3) is 0.111. The van der Waals surface area contributed by atoms with Gasteiger partial charge in [0.2, 0.25) is 6.20 Å². The number of aromatic hydroxyl groups is 1. The van der Waals surface area contributed by atoms with Crippen molar-refractivity contribution in [3.63, 3.8) is 0 Å². The van der Waals surface area contributed by atoms with E-state index in [-0.39, 0.29) is 11.3 Å². The maximum Gasteiger partial charge on any atom is 0.280 e. The summed E-state index contributed by atoms with van der Waals surface area (Å²) in [5.41, 5.74) is -0.470. The van der Waals surface area contributed by atoms with Crippen LogP contribution in [0.15, 0.2) is 18.3 Å². The van der Waals surface area contributed by atoms with Crippen molar-refractivity contribution in [3.8, 4) is 11.5 Å². The second kappa shape index (κ2) is 4.92. The van der Waals surface area contributed by atoms with Crippen LogP contribution < -0.4 is 4.74 Å². The molecular formula is C9H8N2O6. The van der Waals surface area contributed by atoms with Crippen LogP contribution in [0.5, 0.6) is 11.5 Å². The summed E-state index contributed by atoms with van der Waals surface area (Å²) in [4.78, 5) is 19.3. The van der Waals surface area contributed by atoms with Gasteiger partial charge in [0, 0.05) is 6.08 Å². The maximum absolute atomic E-state index is 10.7. The molecule has 8 nitrogen and oxygen atoms in total. The summed E-state index contributed by atoms with van der Waals surface area (Å²) in [6.45, 7) is 0. The van der Waals surface area contributed by atoms with E-state index in [0.717, 1.165) is 18.2 Å². The Labute approximate surface area is 95.1 Å². The molecule has 1 rings (SSSR count). The van der Waals surface area contributed by atoms with E-state index in [2.05, 4.69) is 0 Å². The molecule has 0 unspecified atom stereocenters. The topological polar surface area (TPSA) is 116 Å². The van der Waals surface area contributed by atoms with E-state index in [0.29, 0.717) is 6.20 Å². The molecule has 0 aliphatic heterocycles. The minimum absolute atomic E-state index is 0.00130. The summed E-state index contributed by atoms with van der Waals surface area (Å²) in [7, 11) is 1.27. The average molecular weight is 240 g/mol. The van der Waals surface area contributed by atoms with Gasteiger partial charge in [0.25, 0.3) is 5.69 Å². The zero-order valence-electron chi connectivity index (χ0n) is 8.69. The van der Waals surface area contributed by atoms with Gasteiger partial charge in [-0.2, -0.15) is 0 Å². The Morgan fingerprint density at radius 1 is 1.35 bits per heavy atom. The third-order valence-electron chi connectivity index (χ3n) is 1.90. The third-order valence-corrected chi connectivity index (χ3v) is 1.90. The van der Waals surface area contributed by atoms with Crippen molar-refractivity contribution in [1.29, 1.82) is 0 Å². The molecule has 0 saturated heterocycles. The summed E-state index contributed by atoms with van der Waals surface area (Å²) >= 11 is 0. The number of hydrogen-bond donors (Lipinski definition) is 1. The molecule has 0 aromatic heterocycles. The highest BCUT2D eigenvalue weighted by Gasteiger charge is 2.17. The molecule has 0 radical (unpaired) electrons. The first-order valence-electron chi connectivity index (χ1n) is 4.32. The minimum Gasteiger partial charge on any atom is -0.504 e. The van der Waals surface area contributed by atoms with Gasteiger partial charge < -0.3 is 9.84 Å². The van der Waals surface area contributed by atoms with Crippen LogP contribution in [0.2, 0.25) is 0 Å². The van der Waals surface area contributed by atoms with E-state index in [9.17, 15) is 25.3 Å². The molecule has 0 aliphatic rings. The van der Waals surface area contributed by atoms with E-state index in [1.54, 1.807) is 0 Å². The number of hydrogen-bond acceptors (Lipinski definition) is 6. The van der Waals surface area contributed by atoms with Crippen molar-refractivity contribution in [2.75, 3.05) is 7.11 Å². The number of rotatable bonds is 4. The summed E-state index contributed by atoms with van der Waals surface area (Å²) in [6, 6.07) is 2.02. The van der Waals surface area contributed by atoms with Gasteiger partial charge in [0.1, 0.15) is 0 Å². The highest BCUT2D eigenvalue weighted by atomic mass is 16.6. The number of nitro benzene ring substituents is 1. The molecule has 1 aromatic rings. The van der Waals surface area contributed by atoms with E-state index in [1.807, 2.05) is 0 Å². The highest BCUT2D eigenvalue weighted by molar-refractivity contribution is 5.65. The normalized spacial score (nSPS) is 10.4. The summed E-state index contributed by atoms with van der Waals surface area (Å²) in [5, 5.41) is 30.2. The van der Waals surface area contributed by atoms with Gasteiger partial charge >= 0.3 is 0 Å². The van der Waals surface area contributed by atoms with Crippen LogP contribution in [0.4, 0.5) is 5.69 Å². The van der Waals surface area contributed by atoms with Crippen LogP contribution in [0, 0.1) is 20.2 Å². The van der Waals surface area contributed by atoms with Crippen molar-refractivity contribution in [1.82, 2.24) is 0 Å². The van der Waals surface area contributed by atoms with Crippen LogP contribution in [0.25, 0.3) is 6.08 Å². The monoisotopic (exact) mass is 240 g/mol. The van der Waals surface area contributed by atoms with Gasteiger partial charge in [-0.1, -0.05) is 0 Å². The smallest absolute Gasteiger partial charge is 0.280 e. The molecule has 0 bridgehead atoms. The molecule has 0 saturated carbocycles. The van der Waals surface area contributed by atoms with E-state index in [4.69, 9.17) is 4.74 Å². The van der Waals surface area contributed by atoms with Crippen molar-refractivity contribution >= 4 is 11.8 Å². The second-order valence-electron chi connectivity index (χ2n) is 2.94. The second-order valence-corrected chi connectivity index (χ2v) is 2.94.